The van der Waals surface area contributed by atoms with E-state index in [2.05, 4.69) is 15.5 Å². The fourth-order valence-corrected chi connectivity index (χ4v) is 2.04. The maximum absolute atomic E-state index is 10.9. The van der Waals surface area contributed by atoms with Gasteiger partial charge < -0.3 is 9.84 Å². The lowest BCUT2D eigenvalue weighted by Crippen LogP contribution is -2.11. The van der Waals surface area contributed by atoms with E-state index in [1.54, 1.807) is 6.92 Å². The summed E-state index contributed by atoms with van der Waals surface area (Å²) in [7, 11) is 0. The summed E-state index contributed by atoms with van der Waals surface area (Å²) in [5, 5.41) is 17.8. The number of rotatable bonds is 4. The van der Waals surface area contributed by atoms with Crippen LogP contribution < -0.4 is 5.32 Å². The standard InChI is InChI=1S/C12H14N4O3/c1-7(11-8(2)15-19-9(11)3)14-12-10(16(17)18)5-4-6-13-12/h4-7H,1-3H3,(H,13,14). The van der Waals surface area contributed by atoms with Gasteiger partial charge in [-0.15, -0.1) is 0 Å². The number of aryl methyl sites for hydroxylation is 2. The summed E-state index contributed by atoms with van der Waals surface area (Å²) in [5.41, 5.74) is 1.59. The van der Waals surface area contributed by atoms with Crippen molar-refractivity contribution in [2.75, 3.05) is 5.32 Å². The van der Waals surface area contributed by atoms with Gasteiger partial charge in [0.2, 0.25) is 5.82 Å². The molecule has 0 fully saturated rings. The Morgan fingerprint density at radius 1 is 1.47 bits per heavy atom. The van der Waals surface area contributed by atoms with Gasteiger partial charge in [-0.2, -0.15) is 0 Å². The number of hydrogen-bond acceptors (Lipinski definition) is 6. The van der Waals surface area contributed by atoms with Gasteiger partial charge in [-0.25, -0.2) is 4.98 Å². The third-order valence-electron chi connectivity index (χ3n) is 2.86. The third kappa shape index (κ3) is 2.54. The van der Waals surface area contributed by atoms with Crippen LogP contribution in [0.5, 0.6) is 0 Å². The third-order valence-corrected chi connectivity index (χ3v) is 2.86. The lowest BCUT2D eigenvalue weighted by atomic mass is 10.1. The van der Waals surface area contributed by atoms with Crippen LogP contribution in [0.1, 0.15) is 30.0 Å². The van der Waals surface area contributed by atoms with Gasteiger partial charge in [0, 0.05) is 17.8 Å². The van der Waals surface area contributed by atoms with Gasteiger partial charge in [-0.05, 0) is 26.8 Å². The van der Waals surface area contributed by atoms with Crippen molar-refractivity contribution in [1.29, 1.82) is 0 Å². The minimum atomic E-state index is -0.463. The van der Waals surface area contributed by atoms with Crippen LogP contribution in [0, 0.1) is 24.0 Å². The Hall–Kier alpha value is -2.44. The highest BCUT2D eigenvalue weighted by atomic mass is 16.6. The smallest absolute Gasteiger partial charge is 0.311 e. The van der Waals surface area contributed by atoms with E-state index >= 15 is 0 Å². The molecule has 1 unspecified atom stereocenters. The first kappa shape index (κ1) is 13.0. The first-order valence-corrected chi connectivity index (χ1v) is 5.79. The molecule has 0 aliphatic heterocycles. The molecule has 0 bridgehead atoms. The fourth-order valence-electron chi connectivity index (χ4n) is 2.04. The summed E-state index contributed by atoms with van der Waals surface area (Å²) in [6.07, 6.45) is 1.51. The largest absolute Gasteiger partial charge is 0.361 e. The lowest BCUT2D eigenvalue weighted by Gasteiger charge is -2.14. The summed E-state index contributed by atoms with van der Waals surface area (Å²) in [4.78, 5) is 14.5. The molecule has 100 valence electrons. The second-order valence-electron chi connectivity index (χ2n) is 4.23. The van der Waals surface area contributed by atoms with Gasteiger partial charge in [-0.3, -0.25) is 10.1 Å². The second-order valence-corrected chi connectivity index (χ2v) is 4.23. The van der Waals surface area contributed by atoms with Crippen molar-refractivity contribution in [2.24, 2.45) is 0 Å². The molecule has 1 atom stereocenters. The molecule has 0 aliphatic carbocycles. The zero-order valence-electron chi connectivity index (χ0n) is 10.9. The number of pyridine rings is 1. The number of nitrogens with zero attached hydrogens (tertiary/aromatic N) is 3. The fraction of sp³-hybridized carbons (Fsp3) is 0.333. The minimum absolute atomic E-state index is 0.0545. The van der Waals surface area contributed by atoms with Gasteiger partial charge in [0.1, 0.15) is 5.76 Å². The number of nitrogens with one attached hydrogen (secondary N) is 1. The Morgan fingerprint density at radius 3 is 2.79 bits per heavy atom. The van der Waals surface area contributed by atoms with E-state index in [0.29, 0.717) is 5.76 Å². The summed E-state index contributed by atoms with van der Waals surface area (Å²) in [6, 6.07) is 2.76. The molecular formula is C12H14N4O3. The van der Waals surface area contributed by atoms with Crippen molar-refractivity contribution in [3.8, 4) is 0 Å². The van der Waals surface area contributed by atoms with Crippen LogP contribution in [-0.4, -0.2) is 15.1 Å². The van der Waals surface area contributed by atoms with E-state index in [0.717, 1.165) is 11.3 Å². The molecule has 0 amide bonds. The van der Waals surface area contributed by atoms with Gasteiger partial charge >= 0.3 is 5.69 Å². The molecule has 19 heavy (non-hydrogen) atoms. The lowest BCUT2D eigenvalue weighted by molar-refractivity contribution is -0.384. The van der Waals surface area contributed by atoms with Crippen molar-refractivity contribution < 1.29 is 9.45 Å². The molecule has 0 saturated carbocycles. The Kier molecular flexibility index (Phi) is 3.46. The van der Waals surface area contributed by atoms with E-state index in [1.165, 1.54) is 18.3 Å². The average Bonchev–Trinajstić information content (AvgIpc) is 2.69. The van der Waals surface area contributed by atoms with Gasteiger partial charge in [0.05, 0.1) is 16.7 Å². The topological polar surface area (TPSA) is 94.1 Å². The zero-order valence-corrected chi connectivity index (χ0v) is 10.9. The molecule has 0 radical (unpaired) electrons. The SMILES string of the molecule is Cc1noc(C)c1C(C)Nc1ncccc1[N+](=O)[O-]. The highest BCUT2D eigenvalue weighted by molar-refractivity contribution is 5.56. The summed E-state index contributed by atoms with van der Waals surface area (Å²) >= 11 is 0. The zero-order chi connectivity index (χ0) is 14.0. The van der Waals surface area contributed by atoms with E-state index in [-0.39, 0.29) is 17.5 Å². The van der Waals surface area contributed by atoms with Crippen LogP contribution >= 0.6 is 0 Å². The molecule has 0 aliphatic rings. The molecule has 0 saturated heterocycles. The quantitative estimate of drug-likeness (QED) is 0.672. The predicted molar refractivity (Wildman–Crippen MR) is 68.9 cm³/mol. The van der Waals surface area contributed by atoms with Crippen molar-refractivity contribution in [2.45, 2.75) is 26.8 Å². The maximum atomic E-state index is 10.9. The maximum Gasteiger partial charge on any atom is 0.311 e. The molecule has 2 aromatic rings. The van der Waals surface area contributed by atoms with Gasteiger partial charge in [0.25, 0.3) is 0 Å². The second kappa shape index (κ2) is 5.05. The summed E-state index contributed by atoms with van der Waals surface area (Å²) < 4.78 is 5.09. The van der Waals surface area contributed by atoms with Crippen molar-refractivity contribution in [3.63, 3.8) is 0 Å². The van der Waals surface area contributed by atoms with Crippen molar-refractivity contribution >= 4 is 11.5 Å². The van der Waals surface area contributed by atoms with Gasteiger partial charge in [0.15, 0.2) is 0 Å². The Labute approximate surface area is 109 Å². The Bertz CT molecular complexity index is 589. The highest BCUT2D eigenvalue weighted by Gasteiger charge is 2.20. The molecule has 7 nitrogen and oxygen atoms in total. The van der Waals surface area contributed by atoms with E-state index in [9.17, 15) is 10.1 Å². The number of anilines is 1. The average molecular weight is 262 g/mol. The number of aromatic nitrogens is 2. The molecule has 0 spiro atoms. The Balaban J connectivity index is 2.29. The first-order valence-electron chi connectivity index (χ1n) is 5.79. The first-order chi connectivity index (χ1) is 9.00. The van der Waals surface area contributed by atoms with Crippen LogP contribution in [0.25, 0.3) is 0 Å². The van der Waals surface area contributed by atoms with E-state index in [4.69, 9.17) is 4.52 Å². The molecule has 2 heterocycles. The van der Waals surface area contributed by atoms with Crippen LogP contribution in [0.2, 0.25) is 0 Å². The predicted octanol–water partition coefficient (Wildman–Crippen LogP) is 2.77. The molecule has 0 aromatic carbocycles. The summed E-state index contributed by atoms with van der Waals surface area (Å²) in [5.74, 6) is 0.927. The molecular weight excluding hydrogens is 248 g/mol. The number of nitro groups is 1. The van der Waals surface area contributed by atoms with Crippen molar-refractivity contribution in [1.82, 2.24) is 10.1 Å². The van der Waals surface area contributed by atoms with E-state index in [1.807, 2.05) is 13.8 Å². The van der Waals surface area contributed by atoms with E-state index < -0.39 is 4.92 Å². The Morgan fingerprint density at radius 2 is 2.21 bits per heavy atom. The van der Waals surface area contributed by atoms with Crippen LogP contribution in [-0.2, 0) is 0 Å². The van der Waals surface area contributed by atoms with Crippen molar-refractivity contribution in [3.05, 3.63) is 45.5 Å². The molecule has 2 aromatic heterocycles. The molecule has 2 rings (SSSR count). The number of hydrogen-bond donors (Lipinski definition) is 1. The van der Waals surface area contributed by atoms with Crippen LogP contribution in [0.3, 0.4) is 0 Å². The van der Waals surface area contributed by atoms with Gasteiger partial charge in [-0.1, -0.05) is 5.16 Å². The van der Waals surface area contributed by atoms with Crippen LogP contribution in [0.15, 0.2) is 22.9 Å². The normalized spacial score (nSPS) is 12.2. The molecule has 1 N–H and O–H groups in total. The monoisotopic (exact) mass is 262 g/mol. The summed E-state index contributed by atoms with van der Waals surface area (Å²) in [6.45, 7) is 5.52. The van der Waals surface area contributed by atoms with Crippen LogP contribution in [0.4, 0.5) is 11.5 Å². The minimum Gasteiger partial charge on any atom is -0.361 e. The molecule has 7 heteroatoms. The highest BCUT2D eigenvalue weighted by Crippen LogP contribution is 2.28.